The summed E-state index contributed by atoms with van der Waals surface area (Å²) in [4.78, 5) is 25.7. The van der Waals surface area contributed by atoms with Crippen LogP contribution in [0.5, 0.6) is 0 Å². The molecule has 1 saturated heterocycles. The number of nitrogens with zero attached hydrogens (tertiary/aromatic N) is 3. The van der Waals surface area contributed by atoms with Crippen LogP contribution in [-0.4, -0.2) is 40.6 Å². The highest BCUT2D eigenvalue weighted by atomic mass is 16.5. The van der Waals surface area contributed by atoms with Gasteiger partial charge in [-0.3, -0.25) is 4.79 Å². The lowest BCUT2D eigenvalue weighted by Crippen LogP contribution is -2.40. The van der Waals surface area contributed by atoms with Gasteiger partial charge >= 0.3 is 5.97 Å². The zero-order chi connectivity index (χ0) is 13.9. The van der Waals surface area contributed by atoms with Gasteiger partial charge in [-0.25, -0.2) is 9.97 Å². The molecular weight excluding hydrogens is 256 g/mol. The molecule has 106 valence electrons. The third-order valence-electron chi connectivity index (χ3n) is 3.67. The van der Waals surface area contributed by atoms with Crippen LogP contribution in [0, 0.1) is 5.92 Å². The van der Waals surface area contributed by atoms with Gasteiger partial charge < -0.3 is 14.6 Å². The first-order valence-electron chi connectivity index (χ1n) is 6.99. The van der Waals surface area contributed by atoms with E-state index in [9.17, 15) is 4.79 Å². The molecule has 1 fully saturated rings. The molecule has 3 heterocycles. The van der Waals surface area contributed by atoms with Crippen molar-refractivity contribution in [1.82, 2.24) is 15.0 Å². The Morgan fingerprint density at radius 1 is 1.55 bits per heavy atom. The van der Waals surface area contributed by atoms with E-state index in [1.165, 1.54) is 0 Å². The van der Waals surface area contributed by atoms with E-state index in [0.717, 1.165) is 36.2 Å². The molecule has 1 aliphatic rings. The topological polar surface area (TPSA) is 71.1 Å². The summed E-state index contributed by atoms with van der Waals surface area (Å²) < 4.78 is 5.13. The fraction of sp³-hybridized carbons (Fsp3) is 0.500. The molecule has 2 aromatic heterocycles. The number of H-pyrrole nitrogens is 1. The molecule has 0 spiro atoms. The summed E-state index contributed by atoms with van der Waals surface area (Å²) in [7, 11) is 0. The summed E-state index contributed by atoms with van der Waals surface area (Å²) in [6, 6.07) is 1.97. The van der Waals surface area contributed by atoms with Gasteiger partial charge in [0.25, 0.3) is 0 Å². The molecule has 0 amide bonds. The molecule has 1 atom stereocenters. The number of hydrogen-bond acceptors (Lipinski definition) is 5. The van der Waals surface area contributed by atoms with Crippen molar-refractivity contribution in [2.45, 2.75) is 19.8 Å². The van der Waals surface area contributed by atoms with Gasteiger partial charge in [-0.1, -0.05) is 0 Å². The van der Waals surface area contributed by atoms with Crippen LogP contribution >= 0.6 is 0 Å². The summed E-state index contributed by atoms with van der Waals surface area (Å²) in [5.74, 6) is 0.731. The highest BCUT2D eigenvalue weighted by Crippen LogP contribution is 2.27. The summed E-state index contributed by atoms with van der Waals surface area (Å²) in [5, 5.41) is 0.997. The lowest BCUT2D eigenvalue weighted by molar-refractivity contribution is -0.148. The summed E-state index contributed by atoms with van der Waals surface area (Å²) >= 11 is 0. The molecule has 1 aliphatic heterocycles. The Balaban J connectivity index is 1.83. The minimum atomic E-state index is -0.100. The minimum Gasteiger partial charge on any atom is -0.466 e. The zero-order valence-corrected chi connectivity index (χ0v) is 11.5. The number of piperidine rings is 1. The van der Waals surface area contributed by atoms with Crippen LogP contribution in [0.25, 0.3) is 11.0 Å². The molecule has 1 unspecified atom stereocenters. The first kappa shape index (κ1) is 12.9. The Morgan fingerprint density at radius 2 is 2.45 bits per heavy atom. The van der Waals surface area contributed by atoms with Gasteiger partial charge in [-0.2, -0.15) is 0 Å². The normalized spacial score (nSPS) is 19.2. The van der Waals surface area contributed by atoms with E-state index < -0.39 is 0 Å². The quantitative estimate of drug-likeness (QED) is 0.863. The fourth-order valence-electron chi connectivity index (χ4n) is 2.73. The van der Waals surface area contributed by atoms with E-state index in [0.29, 0.717) is 13.2 Å². The SMILES string of the molecule is CCOC(=O)C1CCCN(c2ncnc3[nH]ccc23)C1. The number of esters is 1. The number of ether oxygens (including phenoxy) is 1. The average molecular weight is 274 g/mol. The number of aromatic amines is 1. The highest BCUT2D eigenvalue weighted by Gasteiger charge is 2.28. The third-order valence-corrected chi connectivity index (χ3v) is 3.67. The Morgan fingerprint density at radius 3 is 3.30 bits per heavy atom. The molecule has 0 aromatic carbocycles. The standard InChI is InChI=1S/C14H18N4O2/c1-2-20-14(19)10-4-3-7-18(8-10)13-11-5-6-15-12(11)16-9-17-13/h5-6,9-10H,2-4,7-8H2,1H3,(H,15,16,17). The first-order chi connectivity index (χ1) is 9.79. The monoisotopic (exact) mass is 274 g/mol. The number of carbonyl (C=O) groups excluding carboxylic acids is 1. The molecule has 0 saturated carbocycles. The van der Waals surface area contributed by atoms with Gasteiger partial charge in [0.15, 0.2) is 0 Å². The molecule has 2 aromatic rings. The van der Waals surface area contributed by atoms with Crippen LogP contribution in [0.2, 0.25) is 0 Å². The number of fused-ring (bicyclic) bond motifs is 1. The predicted molar refractivity (Wildman–Crippen MR) is 75.5 cm³/mol. The Labute approximate surface area is 117 Å². The number of carbonyl (C=O) groups is 1. The largest absolute Gasteiger partial charge is 0.466 e. The Hall–Kier alpha value is -2.11. The van der Waals surface area contributed by atoms with E-state index in [2.05, 4.69) is 19.9 Å². The van der Waals surface area contributed by atoms with Gasteiger partial charge in [0.05, 0.1) is 17.9 Å². The maximum Gasteiger partial charge on any atom is 0.310 e. The van der Waals surface area contributed by atoms with Crippen LogP contribution in [0.15, 0.2) is 18.6 Å². The van der Waals surface area contributed by atoms with Crippen LogP contribution in [0.1, 0.15) is 19.8 Å². The molecule has 20 heavy (non-hydrogen) atoms. The summed E-state index contributed by atoms with van der Waals surface area (Å²) in [5.41, 5.74) is 0.827. The Bertz CT molecular complexity index is 610. The van der Waals surface area contributed by atoms with E-state index in [1.807, 2.05) is 19.2 Å². The smallest absolute Gasteiger partial charge is 0.310 e. The van der Waals surface area contributed by atoms with Crippen LogP contribution in [0.4, 0.5) is 5.82 Å². The number of aromatic nitrogens is 3. The Kier molecular flexibility index (Phi) is 3.54. The second-order valence-electron chi connectivity index (χ2n) is 4.97. The summed E-state index contributed by atoms with van der Waals surface area (Å²) in [6.45, 7) is 3.85. The minimum absolute atomic E-state index is 0.0624. The van der Waals surface area contributed by atoms with Crippen molar-refractivity contribution in [2.24, 2.45) is 5.92 Å². The molecule has 0 aliphatic carbocycles. The molecule has 0 radical (unpaired) electrons. The summed E-state index contributed by atoms with van der Waals surface area (Å²) in [6.07, 6.45) is 5.27. The maximum absolute atomic E-state index is 11.9. The van der Waals surface area contributed by atoms with Crippen molar-refractivity contribution in [1.29, 1.82) is 0 Å². The lowest BCUT2D eigenvalue weighted by atomic mass is 9.98. The van der Waals surface area contributed by atoms with E-state index in [-0.39, 0.29) is 11.9 Å². The lowest BCUT2D eigenvalue weighted by Gasteiger charge is -2.32. The molecular formula is C14H18N4O2. The van der Waals surface area contributed by atoms with Crippen LogP contribution in [0.3, 0.4) is 0 Å². The van der Waals surface area contributed by atoms with Crippen molar-refractivity contribution in [2.75, 3.05) is 24.6 Å². The third kappa shape index (κ3) is 2.33. The van der Waals surface area contributed by atoms with E-state index >= 15 is 0 Å². The molecule has 1 N–H and O–H groups in total. The second-order valence-corrected chi connectivity index (χ2v) is 4.97. The van der Waals surface area contributed by atoms with Gasteiger partial charge in [0, 0.05) is 19.3 Å². The number of nitrogens with one attached hydrogen (secondary N) is 1. The van der Waals surface area contributed by atoms with E-state index in [1.54, 1.807) is 6.33 Å². The fourth-order valence-corrected chi connectivity index (χ4v) is 2.73. The number of hydrogen-bond donors (Lipinski definition) is 1. The van der Waals surface area contributed by atoms with Gasteiger partial charge in [0.2, 0.25) is 0 Å². The van der Waals surface area contributed by atoms with Crippen molar-refractivity contribution in [3.63, 3.8) is 0 Å². The highest BCUT2D eigenvalue weighted by molar-refractivity contribution is 5.87. The van der Waals surface area contributed by atoms with E-state index in [4.69, 9.17) is 4.74 Å². The van der Waals surface area contributed by atoms with Gasteiger partial charge in [0.1, 0.15) is 17.8 Å². The average Bonchev–Trinajstić information content (AvgIpc) is 2.96. The van der Waals surface area contributed by atoms with Crippen molar-refractivity contribution in [3.05, 3.63) is 18.6 Å². The maximum atomic E-state index is 11.9. The van der Waals surface area contributed by atoms with Crippen LogP contribution in [-0.2, 0) is 9.53 Å². The number of rotatable bonds is 3. The zero-order valence-electron chi connectivity index (χ0n) is 11.5. The second kappa shape index (κ2) is 5.48. The molecule has 6 nitrogen and oxygen atoms in total. The predicted octanol–water partition coefficient (Wildman–Crippen LogP) is 1.74. The van der Waals surface area contributed by atoms with Crippen molar-refractivity contribution in [3.8, 4) is 0 Å². The molecule has 0 bridgehead atoms. The van der Waals surface area contributed by atoms with Gasteiger partial charge in [-0.15, -0.1) is 0 Å². The molecule has 6 heteroatoms. The first-order valence-corrected chi connectivity index (χ1v) is 6.99. The van der Waals surface area contributed by atoms with Crippen molar-refractivity contribution < 1.29 is 9.53 Å². The van der Waals surface area contributed by atoms with Crippen LogP contribution < -0.4 is 4.90 Å². The molecule has 3 rings (SSSR count). The van der Waals surface area contributed by atoms with Crippen molar-refractivity contribution >= 4 is 22.8 Å². The van der Waals surface area contributed by atoms with Gasteiger partial charge in [-0.05, 0) is 25.8 Å². The number of anilines is 1.